The number of carbonyl (C=O) groups is 1. The number of benzene rings is 3. The summed E-state index contributed by atoms with van der Waals surface area (Å²) in [5.41, 5.74) is 2.98. The highest BCUT2D eigenvalue weighted by Gasteiger charge is 2.14. The third kappa shape index (κ3) is 4.15. The van der Waals surface area contributed by atoms with Crippen molar-refractivity contribution in [3.8, 4) is 16.9 Å². The highest BCUT2D eigenvalue weighted by molar-refractivity contribution is 7.99. The molecule has 0 bridgehead atoms. The van der Waals surface area contributed by atoms with Gasteiger partial charge in [-0.15, -0.1) is 0 Å². The zero-order valence-corrected chi connectivity index (χ0v) is 16.6. The van der Waals surface area contributed by atoms with E-state index in [-0.39, 0.29) is 17.1 Å². The Hall–Kier alpha value is -3.18. The molecule has 0 amide bonds. The largest absolute Gasteiger partial charge is 0.497 e. The van der Waals surface area contributed by atoms with Crippen LogP contribution < -0.4 is 4.74 Å². The van der Waals surface area contributed by atoms with E-state index in [0.29, 0.717) is 10.8 Å². The Balaban J connectivity index is 1.70. The van der Waals surface area contributed by atoms with Crippen LogP contribution in [-0.2, 0) is 0 Å². The number of thioether (sulfide) groups is 1. The van der Waals surface area contributed by atoms with Crippen molar-refractivity contribution in [3.05, 3.63) is 90.2 Å². The van der Waals surface area contributed by atoms with Crippen molar-refractivity contribution in [3.63, 3.8) is 0 Å². The number of hydrogen-bond acceptors (Lipinski definition) is 4. The Morgan fingerprint density at radius 1 is 1.00 bits per heavy atom. The number of ketones is 1. The van der Waals surface area contributed by atoms with Gasteiger partial charge in [0, 0.05) is 11.5 Å². The molecule has 0 aliphatic carbocycles. The van der Waals surface area contributed by atoms with Crippen molar-refractivity contribution in [2.24, 2.45) is 0 Å². The summed E-state index contributed by atoms with van der Waals surface area (Å²) in [7, 11) is 1.62. The number of nitrogens with zero attached hydrogens (tertiary/aromatic N) is 1. The second kappa shape index (κ2) is 8.45. The van der Waals surface area contributed by atoms with E-state index in [2.05, 4.69) is 0 Å². The van der Waals surface area contributed by atoms with Crippen LogP contribution in [0.5, 0.6) is 5.75 Å². The standard InChI is InChI=1S/C24H18FNO2S/c1-28-17-11-12-18-20(16-7-3-2-4-8-16)14-24(26-22(18)13-17)29-15-23(27)19-9-5-6-10-21(19)25/h2-14H,15H2,1H3. The van der Waals surface area contributed by atoms with E-state index in [1.54, 1.807) is 19.2 Å². The van der Waals surface area contributed by atoms with Crippen LogP contribution in [0.25, 0.3) is 22.0 Å². The average Bonchev–Trinajstić information content (AvgIpc) is 2.77. The lowest BCUT2D eigenvalue weighted by molar-refractivity contribution is 0.101. The SMILES string of the molecule is COc1ccc2c(-c3ccccc3)cc(SCC(=O)c3ccccc3F)nc2c1. The molecule has 0 aliphatic heterocycles. The number of Topliss-reactive ketones (excluding diaryl/α,β-unsaturated/α-hetero) is 1. The van der Waals surface area contributed by atoms with Gasteiger partial charge in [-0.1, -0.05) is 54.2 Å². The van der Waals surface area contributed by atoms with Gasteiger partial charge in [0.1, 0.15) is 11.6 Å². The molecule has 3 aromatic carbocycles. The fourth-order valence-corrected chi connectivity index (χ4v) is 3.94. The van der Waals surface area contributed by atoms with Gasteiger partial charge in [0.25, 0.3) is 0 Å². The highest BCUT2D eigenvalue weighted by Crippen LogP contribution is 2.33. The molecule has 0 atom stereocenters. The molecule has 0 radical (unpaired) electrons. The number of pyridine rings is 1. The number of ether oxygens (including phenoxy) is 1. The Morgan fingerprint density at radius 2 is 1.76 bits per heavy atom. The summed E-state index contributed by atoms with van der Waals surface area (Å²) in [5.74, 6) is 0.0623. The molecule has 1 heterocycles. The van der Waals surface area contributed by atoms with Gasteiger partial charge < -0.3 is 4.74 Å². The van der Waals surface area contributed by atoms with Crippen molar-refractivity contribution >= 4 is 28.4 Å². The Labute approximate surface area is 172 Å². The smallest absolute Gasteiger partial charge is 0.176 e. The maximum Gasteiger partial charge on any atom is 0.176 e. The fourth-order valence-electron chi connectivity index (χ4n) is 3.15. The lowest BCUT2D eigenvalue weighted by atomic mass is 10.0. The number of fused-ring (bicyclic) bond motifs is 1. The predicted octanol–water partition coefficient (Wildman–Crippen LogP) is 6.02. The zero-order chi connectivity index (χ0) is 20.2. The number of aromatic nitrogens is 1. The molecule has 0 saturated heterocycles. The van der Waals surface area contributed by atoms with Crippen LogP contribution in [0.1, 0.15) is 10.4 Å². The molecule has 0 fully saturated rings. The van der Waals surface area contributed by atoms with Crippen LogP contribution in [0.4, 0.5) is 4.39 Å². The van der Waals surface area contributed by atoms with Crippen molar-refractivity contribution in [2.45, 2.75) is 5.03 Å². The van der Waals surface area contributed by atoms with Crippen LogP contribution >= 0.6 is 11.8 Å². The highest BCUT2D eigenvalue weighted by atomic mass is 32.2. The molecule has 1 aromatic heterocycles. The average molecular weight is 403 g/mol. The van der Waals surface area contributed by atoms with E-state index in [9.17, 15) is 9.18 Å². The third-order valence-electron chi connectivity index (χ3n) is 4.60. The van der Waals surface area contributed by atoms with Crippen LogP contribution in [0, 0.1) is 5.82 Å². The van der Waals surface area contributed by atoms with Crippen molar-refractivity contribution in [1.82, 2.24) is 4.98 Å². The summed E-state index contributed by atoms with van der Waals surface area (Å²) in [6, 6.07) is 23.8. The van der Waals surface area contributed by atoms with Gasteiger partial charge in [0.2, 0.25) is 0 Å². The first-order valence-corrected chi connectivity index (χ1v) is 10.1. The number of halogens is 1. The Bertz CT molecular complexity index is 1180. The molecule has 4 rings (SSSR count). The molecule has 4 aromatic rings. The van der Waals surface area contributed by atoms with E-state index < -0.39 is 5.82 Å². The van der Waals surface area contributed by atoms with Gasteiger partial charge in [-0.05, 0) is 41.5 Å². The first-order valence-electron chi connectivity index (χ1n) is 9.10. The summed E-state index contributed by atoms with van der Waals surface area (Å²) < 4.78 is 19.2. The Kier molecular flexibility index (Phi) is 5.58. The summed E-state index contributed by atoms with van der Waals surface area (Å²) >= 11 is 1.30. The minimum Gasteiger partial charge on any atom is -0.497 e. The molecule has 0 N–H and O–H groups in total. The van der Waals surface area contributed by atoms with E-state index in [4.69, 9.17) is 9.72 Å². The van der Waals surface area contributed by atoms with Gasteiger partial charge >= 0.3 is 0 Å². The maximum absolute atomic E-state index is 13.9. The molecule has 0 aliphatic rings. The summed E-state index contributed by atoms with van der Waals surface area (Å²) in [4.78, 5) is 17.1. The normalized spacial score (nSPS) is 10.8. The second-order valence-electron chi connectivity index (χ2n) is 6.45. The van der Waals surface area contributed by atoms with Gasteiger partial charge in [-0.2, -0.15) is 0 Å². The van der Waals surface area contributed by atoms with Crippen LogP contribution in [0.15, 0.2) is 83.9 Å². The molecule has 0 unspecified atom stereocenters. The summed E-state index contributed by atoms with van der Waals surface area (Å²) in [6.07, 6.45) is 0. The molecule has 5 heteroatoms. The molecule has 0 saturated carbocycles. The zero-order valence-electron chi connectivity index (χ0n) is 15.8. The van der Waals surface area contributed by atoms with Crippen LogP contribution in [0.3, 0.4) is 0 Å². The Morgan fingerprint density at radius 3 is 2.52 bits per heavy atom. The first kappa shape index (κ1) is 19.2. The molecular weight excluding hydrogens is 385 g/mol. The van der Waals surface area contributed by atoms with E-state index in [1.165, 1.54) is 23.9 Å². The third-order valence-corrected chi connectivity index (χ3v) is 5.52. The molecule has 0 spiro atoms. The summed E-state index contributed by atoms with van der Waals surface area (Å²) in [5, 5.41) is 1.70. The first-order chi connectivity index (χ1) is 14.2. The summed E-state index contributed by atoms with van der Waals surface area (Å²) in [6.45, 7) is 0. The predicted molar refractivity (Wildman–Crippen MR) is 115 cm³/mol. The minimum atomic E-state index is -0.501. The monoisotopic (exact) mass is 403 g/mol. The van der Waals surface area contributed by atoms with E-state index in [1.807, 2.05) is 54.6 Å². The lowest BCUT2D eigenvalue weighted by Crippen LogP contribution is -2.05. The van der Waals surface area contributed by atoms with Crippen molar-refractivity contribution < 1.29 is 13.9 Å². The quantitative estimate of drug-likeness (QED) is 0.291. The number of rotatable bonds is 6. The molecule has 3 nitrogen and oxygen atoms in total. The fraction of sp³-hybridized carbons (Fsp3) is 0.0833. The second-order valence-corrected chi connectivity index (χ2v) is 7.44. The van der Waals surface area contributed by atoms with Crippen LogP contribution in [-0.4, -0.2) is 23.6 Å². The van der Waals surface area contributed by atoms with Crippen LogP contribution in [0.2, 0.25) is 0 Å². The topological polar surface area (TPSA) is 39.2 Å². The van der Waals surface area contributed by atoms with Gasteiger partial charge in [-0.3, -0.25) is 4.79 Å². The lowest BCUT2D eigenvalue weighted by Gasteiger charge is -2.11. The van der Waals surface area contributed by atoms with E-state index >= 15 is 0 Å². The number of carbonyl (C=O) groups excluding carboxylic acids is 1. The van der Waals surface area contributed by atoms with E-state index in [0.717, 1.165) is 22.0 Å². The number of methoxy groups -OCH3 is 1. The van der Waals surface area contributed by atoms with Crippen molar-refractivity contribution in [2.75, 3.05) is 12.9 Å². The van der Waals surface area contributed by atoms with Gasteiger partial charge in [0.05, 0.1) is 29.0 Å². The maximum atomic E-state index is 13.9. The molecule has 144 valence electrons. The van der Waals surface area contributed by atoms with Gasteiger partial charge in [0.15, 0.2) is 5.78 Å². The number of hydrogen-bond donors (Lipinski definition) is 0. The molecular formula is C24H18FNO2S. The van der Waals surface area contributed by atoms with Gasteiger partial charge in [-0.25, -0.2) is 9.37 Å². The minimum absolute atomic E-state index is 0.103. The molecule has 29 heavy (non-hydrogen) atoms. The van der Waals surface area contributed by atoms with Crippen molar-refractivity contribution in [1.29, 1.82) is 0 Å².